The van der Waals surface area contributed by atoms with Crippen molar-refractivity contribution in [3.05, 3.63) is 48.0 Å². The van der Waals surface area contributed by atoms with Gasteiger partial charge in [0.1, 0.15) is 0 Å². The Labute approximate surface area is 189 Å². The minimum atomic E-state index is -3.64. The molecule has 6 nitrogen and oxygen atoms in total. The van der Waals surface area contributed by atoms with Gasteiger partial charge in [-0.05, 0) is 61.9 Å². The molecule has 2 aromatic rings. The van der Waals surface area contributed by atoms with E-state index in [1.165, 1.54) is 12.5 Å². The number of hydrogen-bond donors (Lipinski definition) is 0. The number of sulfonamides is 1. The Balaban J connectivity index is 1.59. The number of carbonyl (C=O) groups excluding carboxylic acids is 1. The smallest absolute Gasteiger partial charge is 0.243 e. The van der Waals surface area contributed by atoms with Crippen LogP contribution in [0.25, 0.3) is 0 Å². The molecule has 4 rings (SSSR count). The van der Waals surface area contributed by atoms with Gasteiger partial charge in [0.05, 0.1) is 10.6 Å². The van der Waals surface area contributed by atoms with Gasteiger partial charge in [-0.25, -0.2) is 8.42 Å². The molecule has 2 aromatic carbocycles. The number of benzene rings is 2. The topological polar surface area (TPSA) is 60.9 Å². The van der Waals surface area contributed by atoms with Crippen molar-refractivity contribution in [3.8, 4) is 0 Å². The second-order valence-corrected chi connectivity index (χ2v) is 11.3. The minimum Gasteiger partial charge on any atom is -0.366 e. The second kappa shape index (κ2) is 8.84. The van der Waals surface area contributed by atoms with Crippen LogP contribution in [0.2, 0.25) is 0 Å². The fourth-order valence-electron chi connectivity index (χ4n) is 4.32. The number of rotatable bonds is 3. The van der Waals surface area contributed by atoms with Crippen molar-refractivity contribution in [1.29, 1.82) is 0 Å². The molecule has 2 heterocycles. The van der Waals surface area contributed by atoms with E-state index in [2.05, 4.69) is 36.9 Å². The number of fused-ring (bicyclic) bond motifs is 1. The first-order valence-electron chi connectivity index (χ1n) is 10.7. The molecule has 166 valence electrons. The van der Waals surface area contributed by atoms with Crippen LogP contribution in [0.15, 0.2) is 52.3 Å². The summed E-state index contributed by atoms with van der Waals surface area (Å²) in [5, 5.41) is 0. The van der Waals surface area contributed by atoms with Crippen molar-refractivity contribution in [2.45, 2.75) is 43.0 Å². The Morgan fingerprint density at radius 3 is 2.61 bits per heavy atom. The summed E-state index contributed by atoms with van der Waals surface area (Å²) in [7, 11) is -3.64. The SMILES string of the molecule is CC(=O)N1CCCSc2ccc(S(=O)(=O)N3CCN(c4cccc(C)c4)[C@H](C)C3)cc21. The Morgan fingerprint density at radius 2 is 1.90 bits per heavy atom. The van der Waals surface area contributed by atoms with Crippen LogP contribution >= 0.6 is 11.8 Å². The fourth-order valence-corrected chi connectivity index (χ4v) is 6.83. The number of anilines is 2. The predicted molar refractivity (Wildman–Crippen MR) is 127 cm³/mol. The highest BCUT2D eigenvalue weighted by Gasteiger charge is 2.33. The lowest BCUT2D eigenvalue weighted by Crippen LogP contribution is -2.53. The lowest BCUT2D eigenvalue weighted by Gasteiger charge is -2.40. The maximum Gasteiger partial charge on any atom is 0.243 e. The molecule has 31 heavy (non-hydrogen) atoms. The van der Waals surface area contributed by atoms with Gasteiger partial charge in [0.25, 0.3) is 0 Å². The third-order valence-electron chi connectivity index (χ3n) is 5.95. The van der Waals surface area contributed by atoms with Gasteiger partial charge in [0, 0.05) is 49.7 Å². The number of nitrogens with zero attached hydrogens (tertiary/aromatic N) is 3. The summed E-state index contributed by atoms with van der Waals surface area (Å²) in [6, 6.07) is 13.6. The Bertz CT molecular complexity index is 1090. The zero-order chi connectivity index (χ0) is 22.2. The third-order valence-corrected chi connectivity index (χ3v) is 8.96. The van der Waals surface area contributed by atoms with Gasteiger partial charge in [0.2, 0.25) is 15.9 Å². The molecule has 0 saturated carbocycles. The molecule has 0 aromatic heterocycles. The first-order valence-corrected chi connectivity index (χ1v) is 13.1. The van der Waals surface area contributed by atoms with E-state index in [9.17, 15) is 13.2 Å². The van der Waals surface area contributed by atoms with Crippen molar-refractivity contribution in [3.63, 3.8) is 0 Å². The van der Waals surface area contributed by atoms with Gasteiger partial charge in [-0.3, -0.25) is 4.79 Å². The maximum atomic E-state index is 13.5. The van der Waals surface area contributed by atoms with E-state index in [4.69, 9.17) is 0 Å². The van der Waals surface area contributed by atoms with Gasteiger partial charge in [-0.1, -0.05) is 12.1 Å². The largest absolute Gasteiger partial charge is 0.366 e. The standard InChI is InChI=1S/C23H29N3O3S2/c1-17-6-4-7-20(14-17)25-12-11-24(16-18(25)2)31(28,29)21-8-9-23-22(15-21)26(19(3)27)10-5-13-30-23/h4,6-9,14-15,18H,5,10-13,16H2,1-3H3/t18-/m1/s1. The zero-order valence-electron chi connectivity index (χ0n) is 18.2. The number of carbonyl (C=O) groups is 1. The maximum absolute atomic E-state index is 13.5. The normalized spacial score (nSPS) is 20.3. The van der Waals surface area contributed by atoms with Gasteiger partial charge in [0.15, 0.2) is 0 Å². The molecule has 0 spiro atoms. The number of aryl methyl sites for hydroxylation is 1. The van der Waals surface area contributed by atoms with Crippen molar-refractivity contribution in [1.82, 2.24) is 4.31 Å². The average molecular weight is 460 g/mol. The zero-order valence-corrected chi connectivity index (χ0v) is 19.9. The van der Waals surface area contributed by atoms with Crippen LogP contribution in [-0.2, 0) is 14.8 Å². The summed E-state index contributed by atoms with van der Waals surface area (Å²) < 4.78 is 28.5. The average Bonchev–Trinajstić information content (AvgIpc) is 2.95. The molecule has 0 aliphatic carbocycles. The summed E-state index contributed by atoms with van der Waals surface area (Å²) >= 11 is 1.68. The summed E-state index contributed by atoms with van der Waals surface area (Å²) in [6.07, 6.45) is 0.888. The molecule has 2 aliphatic rings. The molecular weight excluding hydrogens is 430 g/mol. The summed E-state index contributed by atoms with van der Waals surface area (Å²) in [5.74, 6) is 0.861. The molecule has 8 heteroatoms. The highest BCUT2D eigenvalue weighted by atomic mass is 32.2. The summed E-state index contributed by atoms with van der Waals surface area (Å²) in [5.41, 5.74) is 3.03. The number of amides is 1. The van der Waals surface area contributed by atoms with Gasteiger partial charge >= 0.3 is 0 Å². The molecule has 1 saturated heterocycles. The quantitative estimate of drug-likeness (QED) is 0.700. The molecule has 1 amide bonds. The molecule has 0 radical (unpaired) electrons. The van der Waals surface area contributed by atoms with Crippen LogP contribution in [0.4, 0.5) is 11.4 Å². The van der Waals surface area contributed by atoms with Gasteiger partial charge in [-0.15, -0.1) is 11.8 Å². The van der Waals surface area contributed by atoms with E-state index in [0.717, 1.165) is 22.8 Å². The fraction of sp³-hybridized carbons (Fsp3) is 0.435. The lowest BCUT2D eigenvalue weighted by molar-refractivity contribution is -0.116. The van der Waals surface area contributed by atoms with Crippen LogP contribution in [0, 0.1) is 6.92 Å². The van der Waals surface area contributed by atoms with Gasteiger partial charge < -0.3 is 9.80 Å². The van der Waals surface area contributed by atoms with E-state index < -0.39 is 10.0 Å². The Hall–Kier alpha value is -2.03. The first kappa shape index (κ1) is 22.2. The van der Waals surface area contributed by atoms with Crippen molar-refractivity contribution >= 4 is 39.1 Å². The minimum absolute atomic E-state index is 0.0568. The molecular formula is C23H29N3O3S2. The first-order chi connectivity index (χ1) is 14.8. The second-order valence-electron chi connectivity index (χ2n) is 8.25. The predicted octanol–water partition coefficient (Wildman–Crippen LogP) is 3.74. The molecule has 0 unspecified atom stereocenters. The number of hydrogen-bond acceptors (Lipinski definition) is 5. The lowest BCUT2D eigenvalue weighted by atomic mass is 10.1. The van der Waals surface area contributed by atoms with Crippen LogP contribution in [0.5, 0.6) is 0 Å². The van der Waals surface area contributed by atoms with E-state index in [-0.39, 0.29) is 16.8 Å². The van der Waals surface area contributed by atoms with Crippen LogP contribution in [0.3, 0.4) is 0 Å². The highest BCUT2D eigenvalue weighted by molar-refractivity contribution is 7.99. The Morgan fingerprint density at radius 1 is 1.10 bits per heavy atom. The van der Waals surface area contributed by atoms with Crippen LogP contribution in [-0.4, -0.2) is 56.6 Å². The molecule has 1 atom stereocenters. The van der Waals surface area contributed by atoms with Crippen LogP contribution in [0.1, 0.15) is 25.8 Å². The van der Waals surface area contributed by atoms with Gasteiger partial charge in [-0.2, -0.15) is 4.31 Å². The van der Waals surface area contributed by atoms with Crippen molar-refractivity contribution < 1.29 is 13.2 Å². The Kier molecular flexibility index (Phi) is 6.32. The molecule has 0 N–H and O–H groups in total. The van der Waals surface area contributed by atoms with E-state index in [0.29, 0.717) is 31.9 Å². The van der Waals surface area contributed by atoms with Crippen molar-refractivity contribution in [2.24, 2.45) is 0 Å². The number of piperazine rings is 1. The summed E-state index contributed by atoms with van der Waals surface area (Å²) in [6.45, 7) is 7.79. The van der Waals surface area contributed by atoms with Crippen molar-refractivity contribution in [2.75, 3.05) is 41.7 Å². The van der Waals surface area contributed by atoms with E-state index >= 15 is 0 Å². The molecule has 2 aliphatic heterocycles. The molecule has 0 bridgehead atoms. The third kappa shape index (κ3) is 4.47. The highest BCUT2D eigenvalue weighted by Crippen LogP contribution is 2.36. The van der Waals surface area contributed by atoms with E-state index in [1.807, 2.05) is 12.1 Å². The number of thioether (sulfide) groups is 1. The van der Waals surface area contributed by atoms with E-state index in [1.54, 1.807) is 33.1 Å². The summed E-state index contributed by atoms with van der Waals surface area (Å²) in [4.78, 5) is 17.4. The van der Waals surface area contributed by atoms with Crippen LogP contribution < -0.4 is 9.80 Å². The monoisotopic (exact) mass is 459 g/mol. The molecule has 1 fully saturated rings.